The average molecular weight is 170 g/mol. The predicted molar refractivity (Wildman–Crippen MR) is 42.0 cm³/mol. The molecule has 0 bridgehead atoms. The van der Waals surface area contributed by atoms with Crippen LogP contribution in [0.25, 0.3) is 0 Å². The SMILES string of the molecule is N#CC=C1SC(=S)NC1=O. The Hall–Kier alpha value is -0.860. The molecule has 1 heterocycles. The summed E-state index contributed by atoms with van der Waals surface area (Å²) in [6.07, 6.45) is 1.18. The summed E-state index contributed by atoms with van der Waals surface area (Å²) in [4.78, 5) is 11.1. The van der Waals surface area contributed by atoms with Crippen molar-refractivity contribution in [3.8, 4) is 6.07 Å². The second kappa shape index (κ2) is 2.82. The summed E-state index contributed by atoms with van der Waals surface area (Å²) in [5.41, 5.74) is 0. The summed E-state index contributed by atoms with van der Waals surface area (Å²) in [6, 6.07) is 1.76. The van der Waals surface area contributed by atoms with E-state index in [0.717, 1.165) is 11.8 Å². The van der Waals surface area contributed by atoms with Gasteiger partial charge < -0.3 is 5.32 Å². The zero-order chi connectivity index (χ0) is 7.56. The van der Waals surface area contributed by atoms with Crippen molar-refractivity contribution < 1.29 is 4.79 Å². The first kappa shape index (κ1) is 7.25. The van der Waals surface area contributed by atoms with E-state index in [1.807, 2.05) is 0 Å². The maximum absolute atomic E-state index is 10.7. The Morgan fingerprint density at radius 3 is 2.90 bits per heavy atom. The fraction of sp³-hybridized carbons (Fsp3) is 0. The normalized spacial score (nSPS) is 20.9. The number of nitriles is 1. The zero-order valence-electron chi connectivity index (χ0n) is 4.75. The molecule has 1 aliphatic rings. The lowest BCUT2D eigenvalue weighted by Crippen LogP contribution is -2.17. The number of allylic oxidation sites excluding steroid dienone is 1. The van der Waals surface area contributed by atoms with E-state index in [-0.39, 0.29) is 5.91 Å². The lowest BCUT2D eigenvalue weighted by molar-refractivity contribution is -0.115. The van der Waals surface area contributed by atoms with E-state index in [4.69, 9.17) is 5.26 Å². The first-order valence-electron chi connectivity index (χ1n) is 2.37. The number of thiocarbonyl (C=S) groups is 1. The summed E-state index contributed by atoms with van der Waals surface area (Å²) >= 11 is 5.78. The molecule has 0 saturated carbocycles. The highest BCUT2D eigenvalue weighted by Gasteiger charge is 2.21. The van der Waals surface area contributed by atoms with E-state index >= 15 is 0 Å². The Morgan fingerprint density at radius 1 is 1.80 bits per heavy atom. The van der Waals surface area contributed by atoms with Gasteiger partial charge in [0.05, 0.1) is 11.0 Å². The second-order valence-corrected chi connectivity index (χ2v) is 3.20. The number of thioether (sulfide) groups is 1. The molecule has 3 nitrogen and oxygen atoms in total. The highest BCUT2D eigenvalue weighted by atomic mass is 32.2. The maximum Gasteiger partial charge on any atom is 0.264 e. The van der Waals surface area contributed by atoms with E-state index in [1.165, 1.54) is 6.08 Å². The molecule has 50 valence electrons. The average Bonchev–Trinajstić information content (AvgIpc) is 2.13. The molecule has 1 saturated heterocycles. The third-order valence-electron chi connectivity index (χ3n) is 0.838. The van der Waals surface area contributed by atoms with Crippen molar-refractivity contribution in [1.29, 1.82) is 5.26 Å². The number of amides is 1. The van der Waals surface area contributed by atoms with Gasteiger partial charge in [0.25, 0.3) is 5.91 Å². The van der Waals surface area contributed by atoms with E-state index < -0.39 is 0 Å². The van der Waals surface area contributed by atoms with Gasteiger partial charge >= 0.3 is 0 Å². The number of carbonyl (C=O) groups is 1. The lowest BCUT2D eigenvalue weighted by atomic mass is 10.5. The predicted octanol–water partition coefficient (Wildman–Crippen LogP) is 0.542. The summed E-state index contributed by atoms with van der Waals surface area (Å²) in [6.45, 7) is 0. The van der Waals surface area contributed by atoms with E-state index in [1.54, 1.807) is 6.07 Å². The van der Waals surface area contributed by atoms with Crippen molar-refractivity contribution in [2.75, 3.05) is 0 Å². The molecule has 1 N–H and O–H groups in total. The van der Waals surface area contributed by atoms with Crippen LogP contribution in [0.1, 0.15) is 0 Å². The van der Waals surface area contributed by atoms with E-state index in [2.05, 4.69) is 17.5 Å². The van der Waals surface area contributed by atoms with Gasteiger partial charge in [-0.25, -0.2) is 0 Å². The number of nitrogens with one attached hydrogen (secondary N) is 1. The molecule has 1 fully saturated rings. The minimum Gasteiger partial charge on any atom is -0.307 e. The van der Waals surface area contributed by atoms with Crippen LogP contribution in [0.3, 0.4) is 0 Å². The minimum absolute atomic E-state index is 0.281. The van der Waals surface area contributed by atoms with Gasteiger partial charge in [0.2, 0.25) is 0 Å². The van der Waals surface area contributed by atoms with Crippen molar-refractivity contribution in [3.05, 3.63) is 11.0 Å². The molecule has 0 spiro atoms. The highest BCUT2D eigenvalue weighted by molar-refractivity contribution is 8.26. The molecule has 0 aromatic heterocycles. The van der Waals surface area contributed by atoms with Crippen LogP contribution in [0.5, 0.6) is 0 Å². The van der Waals surface area contributed by atoms with Crippen molar-refractivity contribution >= 4 is 34.2 Å². The summed E-state index contributed by atoms with van der Waals surface area (Å²) in [5.74, 6) is -0.281. The van der Waals surface area contributed by atoms with Crippen molar-refractivity contribution in [3.63, 3.8) is 0 Å². The fourth-order valence-electron chi connectivity index (χ4n) is 0.480. The smallest absolute Gasteiger partial charge is 0.264 e. The molecular weight excluding hydrogens is 168 g/mol. The minimum atomic E-state index is -0.281. The maximum atomic E-state index is 10.7. The standard InChI is InChI=1S/C5H2N2OS2/c6-2-1-3-4(8)7-5(9)10-3/h1H,(H,7,8,9). The first-order chi connectivity index (χ1) is 4.74. The van der Waals surface area contributed by atoms with Gasteiger partial charge in [-0.1, -0.05) is 24.0 Å². The second-order valence-electron chi connectivity index (χ2n) is 1.48. The van der Waals surface area contributed by atoms with Gasteiger partial charge in [-0.3, -0.25) is 4.79 Å². The van der Waals surface area contributed by atoms with Gasteiger partial charge in [0.15, 0.2) is 0 Å². The van der Waals surface area contributed by atoms with Crippen LogP contribution in [0.15, 0.2) is 11.0 Å². The Bertz CT molecular complexity index is 263. The van der Waals surface area contributed by atoms with Crippen LogP contribution in [-0.4, -0.2) is 10.2 Å². The Labute approximate surface area is 67.1 Å². The van der Waals surface area contributed by atoms with Crippen molar-refractivity contribution in [2.24, 2.45) is 0 Å². The molecule has 0 unspecified atom stereocenters. The Morgan fingerprint density at radius 2 is 2.50 bits per heavy atom. The Kier molecular flexibility index (Phi) is 2.04. The van der Waals surface area contributed by atoms with Gasteiger partial charge in [0.1, 0.15) is 4.32 Å². The van der Waals surface area contributed by atoms with E-state index in [9.17, 15) is 4.79 Å². The molecule has 10 heavy (non-hydrogen) atoms. The third-order valence-corrected chi connectivity index (χ3v) is 2.00. The first-order valence-corrected chi connectivity index (χ1v) is 3.59. The monoisotopic (exact) mass is 170 g/mol. The van der Waals surface area contributed by atoms with E-state index in [0.29, 0.717) is 9.23 Å². The molecule has 0 aromatic carbocycles. The number of hydrogen-bond donors (Lipinski definition) is 1. The van der Waals surface area contributed by atoms with Crippen LogP contribution in [0, 0.1) is 11.3 Å². The molecule has 0 aliphatic carbocycles. The molecule has 5 heteroatoms. The van der Waals surface area contributed by atoms with Crippen LogP contribution in [0.2, 0.25) is 0 Å². The summed E-state index contributed by atoms with van der Waals surface area (Å²) in [7, 11) is 0. The molecular formula is C5H2N2OS2. The van der Waals surface area contributed by atoms with Gasteiger partial charge in [-0.2, -0.15) is 5.26 Å². The molecule has 0 radical (unpaired) electrons. The molecule has 1 rings (SSSR count). The van der Waals surface area contributed by atoms with Crippen LogP contribution >= 0.6 is 24.0 Å². The summed E-state index contributed by atoms with van der Waals surface area (Å²) in [5, 5.41) is 10.6. The molecule has 1 aliphatic heterocycles. The van der Waals surface area contributed by atoms with Crippen molar-refractivity contribution in [2.45, 2.75) is 0 Å². The highest BCUT2D eigenvalue weighted by Crippen LogP contribution is 2.22. The van der Waals surface area contributed by atoms with Crippen LogP contribution < -0.4 is 5.32 Å². The molecule has 0 aromatic rings. The van der Waals surface area contributed by atoms with Gasteiger partial charge in [-0.15, -0.1) is 0 Å². The lowest BCUT2D eigenvalue weighted by Gasteiger charge is -1.82. The number of hydrogen-bond acceptors (Lipinski definition) is 4. The number of rotatable bonds is 0. The van der Waals surface area contributed by atoms with Crippen LogP contribution in [0.4, 0.5) is 0 Å². The third kappa shape index (κ3) is 1.35. The van der Waals surface area contributed by atoms with Gasteiger partial charge in [-0.05, 0) is 0 Å². The zero-order valence-corrected chi connectivity index (χ0v) is 6.38. The van der Waals surface area contributed by atoms with Gasteiger partial charge in [0, 0.05) is 6.08 Å². The number of nitrogens with zero attached hydrogens (tertiary/aromatic N) is 1. The topological polar surface area (TPSA) is 52.9 Å². The Balaban J connectivity index is 2.85. The molecule has 1 amide bonds. The van der Waals surface area contributed by atoms with Crippen molar-refractivity contribution in [1.82, 2.24) is 5.32 Å². The number of carbonyl (C=O) groups excluding carboxylic acids is 1. The molecule has 0 atom stereocenters. The fourth-order valence-corrected chi connectivity index (χ4v) is 1.44. The summed E-state index contributed by atoms with van der Waals surface area (Å²) < 4.78 is 0.409. The van der Waals surface area contributed by atoms with Crippen LogP contribution in [-0.2, 0) is 4.79 Å². The largest absolute Gasteiger partial charge is 0.307 e. The quantitative estimate of drug-likeness (QED) is 0.327.